The minimum atomic E-state index is -0.509. The fraction of sp³-hybridized carbons (Fsp3) is 0.500. The van der Waals surface area contributed by atoms with Crippen LogP contribution in [0.3, 0.4) is 0 Å². The van der Waals surface area contributed by atoms with Crippen LogP contribution in [0.4, 0.5) is 11.4 Å². The summed E-state index contributed by atoms with van der Waals surface area (Å²) < 4.78 is 5.26. The SMILES string of the molecule is CCNC(=O)c1ccc(NCC(C)(C)OC)c([N+](=O)[O-])c1. The van der Waals surface area contributed by atoms with E-state index in [2.05, 4.69) is 10.6 Å². The molecule has 1 rings (SSSR count). The first-order chi connectivity index (χ1) is 9.80. The number of amides is 1. The van der Waals surface area contributed by atoms with Crippen molar-refractivity contribution in [2.45, 2.75) is 26.4 Å². The van der Waals surface area contributed by atoms with E-state index in [1.807, 2.05) is 13.8 Å². The number of rotatable bonds is 7. The fourth-order valence-electron chi connectivity index (χ4n) is 1.62. The molecule has 1 aromatic carbocycles. The van der Waals surface area contributed by atoms with E-state index < -0.39 is 10.5 Å². The van der Waals surface area contributed by atoms with Crippen LogP contribution in [0.15, 0.2) is 18.2 Å². The summed E-state index contributed by atoms with van der Waals surface area (Å²) in [5.41, 5.74) is 0.0375. The maximum atomic E-state index is 11.7. The molecule has 2 N–H and O–H groups in total. The molecular formula is C14H21N3O4. The lowest BCUT2D eigenvalue weighted by Gasteiger charge is -2.23. The Labute approximate surface area is 123 Å². The second-order valence-electron chi connectivity index (χ2n) is 5.17. The van der Waals surface area contributed by atoms with Gasteiger partial charge in [0.2, 0.25) is 0 Å². The standard InChI is InChI=1S/C14H21N3O4/c1-5-15-13(18)10-6-7-11(12(8-10)17(19)20)16-9-14(2,3)21-4/h6-8,16H,5,9H2,1-4H3,(H,15,18). The van der Waals surface area contributed by atoms with Gasteiger partial charge in [-0.1, -0.05) is 0 Å². The van der Waals surface area contributed by atoms with Crippen LogP contribution >= 0.6 is 0 Å². The fourth-order valence-corrected chi connectivity index (χ4v) is 1.62. The molecule has 0 aliphatic carbocycles. The highest BCUT2D eigenvalue weighted by Gasteiger charge is 2.21. The normalized spacial score (nSPS) is 11.0. The average molecular weight is 295 g/mol. The lowest BCUT2D eigenvalue weighted by molar-refractivity contribution is -0.384. The van der Waals surface area contributed by atoms with Gasteiger partial charge in [-0.3, -0.25) is 14.9 Å². The molecule has 1 aromatic rings. The first-order valence-corrected chi connectivity index (χ1v) is 6.66. The van der Waals surface area contributed by atoms with Crippen molar-refractivity contribution in [1.29, 1.82) is 0 Å². The van der Waals surface area contributed by atoms with Crippen LogP contribution < -0.4 is 10.6 Å². The Morgan fingerprint density at radius 1 is 1.43 bits per heavy atom. The number of nitro benzene ring substituents is 1. The van der Waals surface area contributed by atoms with E-state index in [1.54, 1.807) is 20.1 Å². The summed E-state index contributed by atoms with van der Waals surface area (Å²) in [6.07, 6.45) is 0. The zero-order chi connectivity index (χ0) is 16.0. The second-order valence-corrected chi connectivity index (χ2v) is 5.17. The highest BCUT2D eigenvalue weighted by molar-refractivity contribution is 5.95. The van der Waals surface area contributed by atoms with Crippen molar-refractivity contribution in [2.24, 2.45) is 0 Å². The van der Waals surface area contributed by atoms with Crippen LogP contribution in [0.2, 0.25) is 0 Å². The van der Waals surface area contributed by atoms with Crippen molar-refractivity contribution in [3.05, 3.63) is 33.9 Å². The number of methoxy groups -OCH3 is 1. The third-order valence-corrected chi connectivity index (χ3v) is 3.05. The number of carbonyl (C=O) groups excluding carboxylic acids is 1. The molecule has 0 saturated carbocycles. The summed E-state index contributed by atoms with van der Waals surface area (Å²) in [5.74, 6) is -0.329. The summed E-state index contributed by atoms with van der Waals surface area (Å²) in [7, 11) is 1.58. The van der Waals surface area contributed by atoms with E-state index in [-0.39, 0.29) is 17.2 Å². The molecular weight excluding hydrogens is 274 g/mol. The highest BCUT2D eigenvalue weighted by Crippen LogP contribution is 2.26. The lowest BCUT2D eigenvalue weighted by atomic mass is 10.1. The molecule has 0 saturated heterocycles. The Bertz CT molecular complexity index is 529. The minimum absolute atomic E-state index is 0.134. The number of nitrogens with zero attached hydrogens (tertiary/aromatic N) is 1. The Morgan fingerprint density at radius 3 is 2.62 bits per heavy atom. The zero-order valence-electron chi connectivity index (χ0n) is 12.7. The van der Waals surface area contributed by atoms with Gasteiger partial charge in [0.15, 0.2) is 0 Å². The van der Waals surface area contributed by atoms with Crippen molar-refractivity contribution in [1.82, 2.24) is 5.32 Å². The predicted molar refractivity (Wildman–Crippen MR) is 80.7 cm³/mol. The Hall–Kier alpha value is -2.15. The summed E-state index contributed by atoms with van der Waals surface area (Å²) in [5, 5.41) is 16.7. The molecule has 0 bridgehead atoms. The van der Waals surface area contributed by atoms with Crippen molar-refractivity contribution >= 4 is 17.3 Å². The number of nitro groups is 1. The number of benzene rings is 1. The molecule has 7 nitrogen and oxygen atoms in total. The van der Waals surface area contributed by atoms with E-state index in [0.29, 0.717) is 18.8 Å². The monoisotopic (exact) mass is 295 g/mol. The quantitative estimate of drug-likeness (QED) is 0.594. The summed E-state index contributed by atoms with van der Waals surface area (Å²) in [6, 6.07) is 4.36. The molecule has 0 aliphatic heterocycles. The molecule has 0 aromatic heterocycles. The molecule has 0 radical (unpaired) electrons. The Kier molecular flexibility index (Phi) is 5.66. The molecule has 1 amide bonds. The van der Waals surface area contributed by atoms with Crippen molar-refractivity contribution in [2.75, 3.05) is 25.5 Å². The Balaban J connectivity index is 3.00. The molecule has 7 heteroatoms. The maximum Gasteiger partial charge on any atom is 0.293 e. The van der Waals surface area contributed by atoms with Crippen LogP contribution in [0.5, 0.6) is 0 Å². The van der Waals surface area contributed by atoms with E-state index in [0.717, 1.165) is 0 Å². The lowest BCUT2D eigenvalue weighted by Crippen LogP contribution is -2.32. The smallest absolute Gasteiger partial charge is 0.293 e. The second kappa shape index (κ2) is 7.03. The molecule has 0 atom stereocenters. The first-order valence-electron chi connectivity index (χ1n) is 6.66. The van der Waals surface area contributed by atoms with E-state index in [4.69, 9.17) is 4.74 Å². The third kappa shape index (κ3) is 4.71. The van der Waals surface area contributed by atoms with Gasteiger partial charge in [-0.2, -0.15) is 0 Å². The number of anilines is 1. The molecule has 21 heavy (non-hydrogen) atoms. The molecule has 0 heterocycles. The number of ether oxygens (including phenoxy) is 1. The van der Waals surface area contributed by atoms with Gasteiger partial charge in [0.05, 0.1) is 10.5 Å². The number of carbonyl (C=O) groups is 1. The molecule has 0 spiro atoms. The number of hydrogen-bond donors (Lipinski definition) is 2. The van der Waals surface area contributed by atoms with Gasteiger partial charge < -0.3 is 15.4 Å². The van der Waals surface area contributed by atoms with Gasteiger partial charge in [0, 0.05) is 31.8 Å². The van der Waals surface area contributed by atoms with Crippen LogP contribution in [-0.2, 0) is 4.74 Å². The summed E-state index contributed by atoms with van der Waals surface area (Å²) in [6.45, 7) is 6.40. The van der Waals surface area contributed by atoms with Crippen LogP contribution in [-0.4, -0.2) is 36.6 Å². The number of hydrogen-bond acceptors (Lipinski definition) is 5. The van der Waals surface area contributed by atoms with Crippen LogP contribution in [0.25, 0.3) is 0 Å². The number of nitrogens with one attached hydrogen (secondary N) is 2. The third-order valence-electron chi connectivity index (χ3n) is 3.05. The van der Waals surface area contributed by atoms with Crippen molar-refractivity contribution in [3.8, 4) is 0 Å². The molecule has 0 fully saturated rings. The largest absolute Gasteiger partial charge is 0.377 e. The van der Waals surface area contributed by atoms with Gasteiger partial charge >= 0.3 is 0 Å². The van der Waals surface area contributed by atoms with Crippen molar-refractivity contribution in [3.63, 3.8) is 0 Å². The maximum absolute atomic E-state index is 11.7. The van der Waals surface area contributed by atoms with Gasteiger partial charge in [0.25, 0.3) is 11.6 Å². The predicted octanol–water partition coefficient (Wildman–Crippen LogP) is 2.18. The summed E-state index contributed by atoms with van der Waals surface area (Å²) in [4.78, 5) is 22.4. The molecule has 0 unspecified atom stereocenters. The van der Waals surface area contributed by atoms with Gasteiger partial charge in [0.1, 0.15) is 5.69 Å². The van der Waals surface area contributed by atoms with Gasteiger partial charge in [-0.05, 0) is 32.9 Å². The van der Waals surface area contributed by atoms with E-state index >= 15 is 0 Å². The molecule has 0 aliphatic rings. The van der Waals surface area contributed by atoms with Crippen LogP contribution in [0.1, 0.15) is 31.1 Å². The summed E-state index contributed by atoms with van der Waals surface area (Å²) >= 11 is 0. The van der Waals surface area contributed by atoms with Gasteiger partial charge in [-0.15, -0.1) is 0 Å². The Morgan fingerprint density at radius 2 is 2.10 bits per heavy atom. The minimum Gasteiger partial charge on any atom is -0.377 e. The van der Waals surface area contributed by atoms with Crippen LogP contribution in [0, 0.1) is 10.1 Å². The zero-order valence-corrected chi connectivity index (χ0v) is 12.7. The average Bonchev–Trinajstić information content (AvgIpc) is 2.45. The highest BCUT2D eigenvalue weighted by atomic mass is 16.6. The molecule has 116 valence electrons. The van der Waals surface area contributed by atoms with Crippen molar-refractivity contribution < 1.29 is 14.5 Å². The van der Waals surface area contributed by atoms with E-state index in [9.17, 15) is 14.9 Å². The van der Waals surface area contributed by atoms with Gasteiger partial charge in [-0.25, -0.2) is 0 Å². The first kappa shape index (κ1) is 16.9. The van der Waals surface area contributed by atoms with E-state index in [1.165, 1.54) is 12.1 Å². The topological polar surface area (TPSA) is 93.5 Å².